The Balaban J connectivity index is 1.58. The molecule has 3 rings (SSSR count). The molecule has 1 fully saturated rings. The predicted molar refractivity (Wildman–Crippen MR) is 88.8 cm³/mol. The van der Waals surface area contributed by atoms with Gasteiger partial charge in [0.15, 0.2) is 0 Å². The Kier molecular flexibility index (Phi) is 4.60. The van der Waals surface area contributed by atoms with Gasteiger partial charge in [0.25, 0.3) is 0 Å². The first-order valence-corrected chi connectivity index (χ1v) is 7.74. The second kappa shape index (κ2) is 6.83. The summed E-state index contributed by atoms with van der Waals surface area (Å²) in [6.45, 7) is 1.85. The highest BCUT2D eigenvalue weighted by atomic mass is 19.1. The van der Waals surface area contributed by atoms with Crippen LogP contribution in [0, 0.1) is 11.7 Å². The highest BCUT2D eigenvalue weighted by molar-refractivity contribution is 5.91. The first kappa shape index (κ1) is 16.2. The van der Waals surface area contributed by atoms with Gasteiger partial charge in [-0.3, -0.25) is 0 Å². The number of hydrogen-bond acceptors (Lipinski definition) is 4. The molecule has 0 saturated heterocycles. The van der Waals surface area contributed by atoms with Gasteiger partial charge in [-0.25, -0.2) is 9.18 Å². The van der Waals surface area contributed by atoms with Crippen LogP contribution in [0.4, 0.5) is 4.39 Å². The lowest BCUT2D eigenvalue weighted by Gasteiger charge is -2.03. The second-order valence-electron chi connectivity index (χ2n) is 5.84. The van der Waals surface area contributed by atoms with Crippen molar-refractivity contribution in [2.24, 2.45) is 11.1 Å². The van der Waals surface area contributed by atoms with Crippen LogP contribution in [-0.2, 0) is 4.84 Å². The fourth-order valence-electron chi connectivity index (χ4n) is 2.70. The highest BCUT2D eigenvalue weighted by Gasteiger charge is 2.40. The van der Waals surface area contributed by atoms with Gasteiger partial charge >= 0.3 is 5.97 Å². The van der Waals surface area contributed by atoms with Crippen LogP contribution in [0.25, 0.3) is 0 Å². The topological polar surface area (TPSA) is 47.9 Å². The quantitative estimate of drug-likeness (QED) is 0.470. The number of nitrogens with zero attached hydrogens (tertiary/aromatic N) is 1. The molecule has 0 bridgehead atoms. The van der Waals surface area contributed by atoms with Crippen LogP contribution < -0.4 is 4.74 Å². The van der Waals surface area contributed by atoms with E-state index in [-0.39, 0.29) is 11.5 Å². The minimum atomic E-state index is -0.587. The van der Waals surface area contributed by atoms with Crippen molar-refractivity contribution in [3.63, 3.8) is 0 Å². The SMILES string of the molecule is COc1ccc(C2CC2/C(C)=N/OC(=O)c2ccc(F)cc2)cc1. The fraction of sp³-hybridized carbons (Fsp3) is 0.263. The van der Waals surface area contributed by atoms with E-state index in [4.69, 9.17) is 9.57 Å². The molecule has 0 N–H and O–H groups in total. The molecule has 0 amide bonds. The van der Waals surface area contributed by atoms with Crippen molar-refractivity contribution in [1.82, 2.24) is 0 Å². The number of methoxy groups -OCH3 is 1. The van der Waals surface area contributed by atoms with Crippen LogP contribution in [0.5, 0.6) is 5.75 Å². The molecule has 2 atom stereocenters. The van der Waals surface area contributed by atoms with E-state index in [0.29, 0.717) is 5.92 Å². The fourth-order valence-corrected chi connectivity index (χ4v) is 2.70. The van der Waals surface area contributed by atoms with E-state index in [2.05, 4.69) is 5.16 Å². The summed E-state index contributed by atoms with van der Waals surface area (Å²) in [6.07, 6.45) is 0.982. The average molecular weight is 327 g/mol. The zero-order valence-electron chi connectivity index (χ0n) is 13.5. The first-order chi connectivity index (χ1) is 11.6. The first-order valence-electron chi connectivity index (χ1n) is 7.74. The molecule has 24 heavy (non-hydrogen) atoms. The predicted octanol–water partition coefficient (Wildman–Crippen LogP) is 4.17. The Hall–Kier alpha value is -2.69. The number of oxime groups is 1. The molecule has 0 spiro atoms. The summed E-state index contributed by atoms with van der Waals surface area (Å²) in [5.41, 5.74) is 2.28. The molecule has 1 saturated carbocycles. The number of hydrogen-bond donors (Lipinski definition) is 0. The number of ether oxygens (including phenoxy) is 1. The Morgan fingerprint density at radius 3 is 2.42 bits per heavy atom. The lowest BCUT2D eigenvalue weighted by Crippen LogP contribution is -2.05. The highest BCUT2D eigenvalue weighted by Crippen LogP contribution is 2.48. The monoisotopic (exact) mass is 327 g/mol. The van der Waals surface area contributed by atoms with Crippen molar-refractivity contribution in [3.05, 3.63) is 65.5 Å². The van der Waals surface area contributed by atoms with E-state index in [9.17, 15) is 9.18 Å². The minimum absolute atomic E-state index is 0.274. The van der Waals surface area contributed by atoms with Gasteiger partial charge in [0, 0.05) is 5.92 Å². The normalized spacial score (nSPS) is 19.7. The molecule has 0 heterocycles. The summed E-state index contributed by atoms with van der Waals surface area (Å²) >= 11 is 0. The molecule has 2 aromatic rings. The van der Waals surface area contributed by atoms with Gasteiger partial charge in [0.05, 0.1) is 18.4 Å². The van der Waals surface area contributed by atoms with Gasteiger partial charge in [-0.15, -0.1) is 0 Å². The van der Waals surface area contributed by atoms with Crippen LogP contribution in [0.15, 0.2) is 53.7 Å². The lowest BCUT2D eigenvalue weighted by atomic mass is 10.1. The number of halogens is 1. The third-order valence-electron chi connectivity index (χ3n) is 4.22. The molecule has 0 radical (unpaired) electrons. The molecule has 4 nitrogen and oxygen atoms in total. The Labute approximate surface area is 139 Å². The van der Waals surface area contributed by atoms with E-state index < -0.39 is 11.8 Å². The molecule has 2 unspecified atom stereocenters. The maximum absolute atomic E-state index is 12.8. The molecule has 124 valence electrons. The maximum Gasteiger partial charge on any atom is 0.365 e. The molecule has 0 aromatic heterocycles. The zero-order valence-corrected chi connectivity index (χ0v) is 13.5. The summed E-state index contributed by atoms with van der Waals surface area (Å²) in [6, 6.07) is 13.1. The minimum Gasteiger partial charge on any atom is -0.497 e. The number of benzene rings is 2. The molecule has 1 aliphatic rings. The third-order valence-corrected chi connectivity index (χ3v) is 4.22. The molecule has 0 aliphatic heterocycles. The van der Waals surface area contributed by atoms with E-state index in [1.807, 2.05) is 31.2 Å². The van der Waals surface area contributed by atoms with Crippen molar-refractivity contribution < 1.29 is 18.8 Å². The van der Waals surface area contributed by atoms with Crippen molar-refractivity contribution in [2.75, 3.05) is 7.11 Å². The van der Waals surface area contributed by atoms with E-state index in [1.165, 1.54) is 29.8 Å². The van der Waals surface area contributed by atoms with Crippen molar-refractivity contribution >= 4 is 11.7 Å². The van der Waals surface area contributed by atoms with Gasteiger partial charge < -0.3 is 9.57 Å². The number of carbonyl (C=O) groups is 1. The molecule has 1 aliphatic carbocycles. The van der Waals surface area contributed by atoms with Crippen molar-refractivity contribution in [3.8, 4) is 5.75 Å². The average Bonchev–Trinajstić information content (AvgIpc) is 3.41. The van der Waals surface area contributed by atoms with Gasteiger partial charge in [0.1, 0.15) is 11.6 Å². The van der Waals surface area contributed by atoms with Gasteiger partial charge in [-0.05, 0) is 61.2 Å². The molecule has 5 heteroatoms. The van der Waals surface area contributed by atoms with Gasteiger partial charge in [-0.2, -0.15) is 0 Å². The molecule has 2 aromatic carbocycles. The molecular formula is C19H18FNO3. The Morgan fingerprint density at radius 1 is 1.12 bits per heavy atom. The van der Waals surface area contributed by atoms with E-state index >= 15 is 0 Å². The van der Waals surface area contributed by atoms with Crippen molar-refractivity contribution in [2.45, 2.75) is 19.3 Å². The summed E-state index contributed by atoms with van der Waals surface area (Å²) in [7, 11) is 1.64. The van der Waals surface area contributed by atoms with Crippen LogP contribution in [0.2, 0.25) is 0 Å². The summed E-state index contributed by atoms with van der Waals surface area (Å²) in [5, 5.41) is 3.94. The van der Waals surface area contributed by atoms with Crippen LogP contribution in [0.1, 0.15) is 35.2 Å². The van der Waals surface area contributed by atoms with E-state index in [1.54, 1.807) is 7.11 Å². The Bertz CT molecular complexity index is 753. The Morgan fingerprint density at radius 2 is 1.79 bits per heavy atom. The van der Waals surface area contributed by atoms with Gasteiger partial charge in [0.2, 0.25) is 0 Å². The summed E-state index contributed by atoms with van der Waals surface area (Å²) < 4.78 is 18.0. The second-order valence-corrected chi connectivity index (χ2v) is 5.84. The largest absolute Gasteiger partial charge is 0.497 e. The standard InChI is InChI=1S/C19H18FNO3/c1-12(21-24-19(22)14-3-7-15(20)8-4-14)17-11-18(17)13-5-9-16(23-2)10-6-13/h3-10,17-18H,11H2,1-2H3/b21-12+. The van der Waals surface area contributed by atoms with E-state index in [0.717, 1.165) is 17.9 Å². The third kappa shape index (κ3) is 3.62. The summed E-state index contributed by atoms with van der Waals surface area (Å²) in [4.78, 5) is 16.8. The summed E-state index contributed by atoms with van der Waals surface area (Å²) in [5.74, 6) is 0.515. The van der Waals surface area contributed by atoms with Crippen molar-refractivity contribution in [1.29, 1.82) is 0 Å². The smallest absolute Gasteiger partial charge is 0.365 e. The van der Waals surface area contributed by atoms with Crippen LogP contribution in [-0.4, -0.2) is 18.8 Å². The lowest BCUT2D eigenvalue weighted by molar-refractivity contribution is 0.0514. The van der Waals surface area contributed by atoms with Gasteiger partial charge in [-0.1, -0.05) is 17.3 Å². The van der Waals surface area contributed by atoms with Crippen LogP contribution in [0.3, 0.4) is 0 Å². The number of carbonyl (C=O) groups excluding carboxylic acids is 1. The zero-order chi connectivity index (χ0) is 17.1. The molecular weight excluding hydrogens is 309 g/mol. The number of rotatable bonds is 5. The maximum atomic E-state index is 12.8. The van der Waals surface area contributed by atoms with Crippen LogP contribution >= 0.6 is 0 Å².